The first-order chi connectivity index (χ1) is 22.6. The predicted octanol–water partition coefficient (Wildman–Crippen LogP) is 10.2. The van der Waals surface area contributed by atoms with E-state index in [1.54, 1.807) is 62.3 Å². The number of Topliss-reactive ketones (excluding diaryl/α,β-unsaturated/α-hetero) is 3. The van der Waals surface area contributed by atoms with E-state index in [1.165, 1.54) is 0 Å². The fourth-order valence-electron chi connectivity index (χ4n) is 9.88. The molecule has 1 radical (unpaired) electrons. The minimum atomic E-state index is -4.83. The van der Waals surface area contributed by atoms with Gasteiger partial charge >= 0.3 is 18.5 Å². The first kappa shape index (κ1) is 44.8. The maximum atomic E-state index is 12.5. The van der Waals surface area contributed by atoms with Gasteiger partial charge in [-0.2, -0.15) is 39.5 Å². The smallest absolute Gasteiger partial charge is 0.449 e. The van der Waals surface area contributed by atoms with Crippen molar-refractivity contribution in [2.24, 2.45) is 50.2 Å². The summed E-state index contributed by atoms with van der Waals surface area (Å²) in [6.45, 7) is 15.9. The minimum absolute atomic E-state index is 0. The maximum absolute atomic E-state index is 12.5. The van der Waals surface area contributed by atoms with Gasteiger partial charge in [0.05, 0.1) is 0 Å². The molecular weight excluding hydrogens is 840 g/mol. The molecule has 0 spiro atoms. The molecule has 0 heterocycles. The molecule has 16 heteroatoms. The van der Waals surface area contributed by atoms with Crippen LogP contribution < -0.4 is 0 Å². The summed E-state index contributed by atoms with van der Waals surface area (Å²) < 4.78 is 113. The second-order valence-corrected chi connectivity index (χ2v) is 17.2. The minimum Gasteiger partial charge on any atom is -0.504 e. The molecule has 6 aliphatic carbocycles. The van der Waals surface area contributed by atoms with Gasteiger partial charge < -0.3 is 15.3 Å². The zero-order chi connectivity index (χ0) is 39.7. The van der Waals surface area contributed by atoms with Crippen molar-refractivity contribution in [2.45, 2.75) is 119 Å². The number of ketones is 3. The van der Waals surface area contributed by atoms with Gasteiger partial charge in [-0.1, -0.05) is 62.3 Å². The molecule has 52 heavy (non-hydrogen) atoms. The normalized spacial score (nSPS) is 38.0. The fraction of sp³-hybridized carbons (Fsp3) is 0.750. The summed E-state index contributed by atoms with van der Waals surface area (Å²) in [6.07, 6.45) is -11.1. The van der Waals surface area contributed by atoms with Crippen LogP contribution in [-0.2, 0) is 14.4 Å². The average molecular weight is 886 g/mol. The average Bonchev–Trinajstić information content (AvgIpc) is 3.59. The summed E-state index contributed by atoms with van der Waals surface area (Å²) in [5, 5.41) is 27.8. The standard InChI is InChI=1S/3C12H15F3O2.Pr/c3*1-10(2)6-4-5-11(10,3)8(16)7(6)9(17)12(13,14)15;/h3*6,17H,4-5H2,1-3H3;/b3*9-7+;/t3*6-,11+;/m111./s1. The first-order valence-corrected chi connectivity index (χ1v) is 16.8. The van der Waals surface area contributed by atoms with Crippen molar-refractivity contribution >= 4 is 17.3 Å². The molecule has 3 N–H and O–H groups in total. The van der Waals surface area contributed by atoms with E-state index in [0.29, 0.717) is 38.5 Å². The molecule has 0 aromatic heterocycles. The second kappa shape index (κ2) is 13.0. The third-order valence-electron chi connectivity index (χ3n) is 14.5. The van der Waals surface area contributed by atoms with E-state index in [2.05, 4.69) is 0 Å². The van der Waals surface area contributed by atoms with Gasteiger partial charge in [-0.15, -0.1) is 0 Å². The quantitative estimate of drug-likeness (QED) is 0.127. The Morgan fingerprint density at radius 1 is 0.462 bits per heavy atom. The van der Waals surface area contributed by atoms with Crippen LogP contribution in [0.3, 0.4) is 0 Å². The molecule has 6 atom stereocenters. The van der Waals surface area contributed by atoms with Crippen LogP contribution in [0.1, 0.15) is 101 Å². The van der Waals surface area contributed by atoms with Gasteiger partial charge in [0, 0.05) is 74.3 Å². The van der Waals surface area contributed by atoms with Crippen molar-refractivity contribution in [3.8, 4) is 0 Å². The molecule has 6 aliphatic rings. The molecule has 0 unspecified atom stereocenters. The Balaban J connectivity index is 0.000000208. The van der Waals surface area contributed by atoms with Crippen molar-refractivity contribution in [1.82, 2.24) is 0 Å². The molecule has 6 bridgehead atoms. The van der Waals surface area contributed by atoms with Crippen LogP contribution in [-0.4, -0.2) is 51.2 Å². The number of rotatable bonds is 0. The SMILES string of the molecule is CC1(C)[C@@H]2CC[C@@]1(C)C(=O)/C2=C(/O)C(F)(F)F.CC1(C)[C@@H]2CC[C@@]1(C)C(=O)/C2=C(/O)C(F)(F)F.CC1(C)[C@@H]2CC[C@@]1(C)C(=O)/C2=C(/O)C(F)(F)F.[Pr]. The topological polar surface area (TPSA) is 112 Å². The number of allylic oxidation sites excluding steroid dienone is 6. The molecule has 0 aromatic rings. The van der Waals surface area contributed by atoms with Gasteiger partial charge in [0.1, 0.15) is 0 Å². The number of fused-ring (bicyclic) bond motifs is 6. The monoisotopic (exact) mass is 885 g/mol. The molecule has 6 rings (SSSR count). The van der Waals surface area contributed by atoms with Crippen LogP contribution in [0, 0.1) is 91.5 Å². The number of aliphatic hydroxyl groups excluding tert-OH is 3. The van der Waals surface area contributed by atoms with Gasteiger partial charge in [0.15, 0.2) is 17.3 Å². The number of halogens is 9. The largest absolute Gasteiger partial charge is 0.504 e. The molecule has 6 saturated carbocycles. The number of carbonyl (C=O) groups excluding carboxylic acids is 3. The van der Waals surface area contributed by atoms with Crippen LogP contribution in [0.5, 0.6) is 0 Å². The Morgan fingerprint density at radius 2 is 0.635 bits per heavy atom. The van der Waals surface area contributed by atoms with Gasteiger partial charge in [-0.3, -0.25) is 14.4 Å². The summed E-state index contributed by atoms with van der Waals surface area (Å²) in [5.41, 5.74) is -5.08. The van der Waals surface area contributed by atoms with E-state index in [1.807, 2.05) is 0 Å². The Morgan fingerprint density at radius 3 is 0.750 bits per heavy atom. The maximum Gasteiger partial charge on any atom is 0.449 e. The summed E-state index contributed by atoms with van der Waals surface area (Å²) in [7, 11) is 0. The molecule has 0 amide bonds. The van der Waals surface area contributed by atoms with Crippen LogP contribution in [0.4, 0.5) is 39.5 Å². The summed E-state index contributed by atoms with van der Waals surface area (Å²) in [5.74, 6) is -8.13. The second-order valence-electron chi connectivity index (χ2n) is 17.2. The fourth-order valence-corrected chi connectivity index (χ4v) is 9.88. The van der Waals surface area contributed by atoms with E-state index >= 15 is 0 Å². The van der Waals surface area contributed by atoms with Crippen molar-refractivity contribution in [1.29, 1.82) is 0 Å². The van der Waals surface area contributed by atoms with Crippen molar-refractivity contribution in [3.05, 3.63) is 34.0 Å². The molecule has 6 fully saturated rings. The van der Waals surface area contributed by atoms with E-state index < -0.39 is 120 Å². The Labute approximate surface area is 329 Å². The molecular formula is C36H45F9O6Pr. The molecule has 0 aliphatic heterocycles. The van der Waals surface area contributed by atoms with Gasteiger partial charge in [-0.05, 0) is 72.5 Å². The summed E-state index contributed by atoms with van der Waals surface area (Å²) in [4.78, 5) is 36.2. The van der Waals surface area contributed by atoms with Crippen LogP contribution >= 0.6 is 0 Å². The van der Waals surface area contributed by atoms with Crippen molar-refractivity contribution in [3.63, 3.8) is 0 Å². The number of hydrogen-bond acceptors (Lipinski definition) is 6. The van der Waals surface area contributed by atoms with Gasteiger partial charge in [0.2, 0.25) is 17.3 Å². The van der Waals surface area contributed by atoms with Crippen molar-refractivity contribution < 1.29 is 111 Å². The van der Waals surface area contributed by atoms with Crippen LogP contribution in [0.2, 0.25) is 0 Å². The van der Waals surface area contributed by atoms with E-state index in [0.717, 1.165) is 0 Å². The van der Waals surface area contributed by atoms with Crippen molar-refractivity contribution in [2.75, 3.05) is 0 Å². The number of carbonyl (C=O) groups is 3. The predicted molar refractivity (Wildman–Crippen MR) is 166 cm³/mol. The first-order valence-electron chi connectivity index (χ1n) is 16.8. The molecule has 0 aromatic carbocycles. The molecule has 291 valence electrons. The number of hydrogen-bond donors (Lipinski definition) is 3. The van der Waals surface area contributed by atoms with Crippen LogP contribution in [0.15, 0.2) is 34.0 Å². The van der Waals surface area contributed by atoms with Gasteiger partial charge in [0.25, 0.3) is 0 Å². The number of aliphatic hydroxyl groups is 3. The van der Waals surface area contributed by atoms with E-state index in [4.69, 9.17) is 0 Å². The Bertz CT molecular complexity index is 1460. The Kier molecular flexibility index (Phi) is 11.2. The third kappa shape index (κ3) is 6.10. The third-order valence-corrected chi connectivity index (χ3v) is 14.5. The molecule has 0 saturated heterocycles. The summed E-state index contributed by atoms with van der Waals surface area (Å²) in [6, 6.07) is 0. The Hall–Kier alpha value is -1.64. The van der Waals surface area contributed by atoms with Gasteiger partial charge in [-0.25, -0.2) is 0 Å². The summed E-state index contributed by atoms with van der Waals surface area (Å²) >= 11 is 0. The zero-order valence-corrected chi connectivity index (χ0v) is 34.2. The van der Waals surface area contributed by atoms with E-state index in [9.17, 15) is 69.2 Å². The van der Waals surface area contributed by atoms with Crippen LogP contribution in [0.25, 0.3) is 0 Å². The zero-order valence-electron chi connectivity index (χ0n) is 30.5. The molecule has 6 nitrogen and oxygen atoms in total. The number of alkyl halides is 9. The van der Waals surface area contributed by atoms with E-state index in [-0.39, 0.29) is 41.3 Å².